The van der Waals surface area contributed by atoms with Crippen LogP contribution in [0.1, 0.15) is 29.2 Å². The highest BCUT2D eigenvalue weighted by Crippen LogP contribution is 2.39. The van der Waals surface area contributed by atoms with Gasteiger partial charge in [-0.05, 0) is 22.3 Å². The smallest absolute Gasteiger partial charge is 0.305 e. The Balaban J connectivity index is 1.41. The Morgan fingerprint density at radius 1 is 0.628 bits per heavy atom. The van der Waals surface area contributed by atoms with Crippen molar-refractivity contribution in [2.45, 2.75) is 57.5 Å². The summed E-state index contributed by atoms with van der Waals surface area (Å²) in [5.41, 5.74) is 3.99. The number of benzene rings is 4. The van der Waals surface area contributed by atoms with E-state index in [0.29, 0.717) is 19.8 Å². The summed E-state index contributed by atoms with van der Waals surface area (Å²) in [7, 11) is 0. The van der Waals surface area contributed by atoms with Gasteiger partial charge in [-0.2, -0.15) is 0 Å². The molecule has 4 atom stereocenters. The van der Waals surface area contributed by atoms with Gasteiger partial charge in [-0.3, -0.25) is 4.79 Å². The second-order valence-electron chi connectivity index (χ2n) is 10.5. The van der Waals surface area contributed by atoms with Crippen LogP contribution in [0.3, 0.4) is 0 Å². The third-order valence-corrected chi connectivity index (χ3v) is 7.13. The van der Waals surface area contributed by atoms with Crippen LogP contribution >= 0.6 is 0 Å². The van der Waals surface area contributed by atoms with Gasteiger partial charge in [0.05, 0.1) is 33.0 Å². The Kier molecular flexibility index (Phi) is 11.1. The molecule has 1 saturated heterocycles. The van der Waals surface area contributed by atoms with E-state index in [1.54, 1.807) is 0 Å². The minimum Gasteiger partial charge on any atom is -0.428 e. The van der Waals surface area contributed by atoms with Gasteiger partial charge >= 0.3 is 5.97 Å². The lowest BCUT2D eigenvalue weighted by atomic mass is 10.0. The van der Waals surface area contributed by atoms with E-state index in [1.165, 1.54) is 6.92 Å². The van der Waals surface area contributed by atoms with Crippen molar-refractivity contribution in [2.24, 2.45) is 0 Å². The topological polar surface area (TPSA) is 72.5 Å². The zero-order valence-electron chi connectivity index (χ0n) is 24.4. The molecule has 43 heavy (non-hydrogen) atoms. The number of carbonyl (C=O) groups is 1. The molecule has 0 amide bonds. The molecular weight excluding hydrogens is 544 g/mol. The highest BCUT2D eigenvalue weighted by molar-refractivity contribution is 5.66. The van der Waals surface area contributed by atoms with Crippen LogP contribution in [0.15, 0.2) is 121 Å². The summed E-state index contributed by atoms with van der Waals surface area (Å²) in [4.78, 5) is 12.6. The molecule has 7 heteroatoms. The van der Waals surface area contributed by atoms with E-state index in [1.807, 2.05) is 121 Å². The molecule has 1 aliphatic rings. The zero-order chi connectivity index (χ0) is 29.7. The number of hydrogen-bond acceptors (Lipinski definition) is 7. The molecule has 4 aromatic rings. The van der Waals surface area contributed by atoms with E-state index < -0.39 is 30.1 Å². The van der Waals surface area contributed by atoms with E-state index in [-0.39, 0.29) is 19.8 Å². The second-order valence-corrected chi connectivity index (χ2v) is 10.5. The lowest BCUT2D eigenvalue weighted by molar-refractivity contribution is -0.278. The Bertz CT molecular complexity index is 1370. The number of hydrogen-bond donors (Lipinski definition) is 0. The van der Waals surface area contributed by atoms with Crippen LogP contribution in [-0.2, 0) is 59.6 Å². The van der Waals surface area contributed by atoms with E-state index in [2.05, 4.69) is 0 Å². The maximum Gasteiger partial charge on any atom is 0.305 e. The predicted octanol–water partition coefficient (Wildman–Crippen LogP) is 6.25. The largest absolute Gasteiger partial charge is 0.428 e. The molecule has 1 heterocycles. The van der Waals surface area contributed by atoms with Crippen LogP contribution in [0.5, 0.6) is 0 Å². The molecule has 0 N–H and O–H groups in total. The first-order chi connectivity index (χ1) is 21.1. The molecule has 4 aromatic carbocycles. The van der Waals surface area contributed by atoms with Gasteiger partial charge in [0.15, 0.2) is 6.10 Å². The van der Waals surface area contributed by atoms with Crippen molar-refractivity contribution in [1.82, 2.24) is 0 Å². The lowest BCUT2D eigenvalue weighted by Crippen LogP contribution is -2.52. The quantitative estimate of drug-likeness (QED) is 0.154. The van der Waals surface area contributed by atoms with Gasteiger partial charge in [0.25, 0.3) is 5.79 Å². The normalized spacial score (nSPS) is 21.5. The van der Waals surface area contributed by atoms with Gasteiger partial charge in [0.1, 0.15) is 18.8 Å². The van der Waals surface area contributed by atoms with Crippen molar-refractivity contribution in [2.75, 3.05) is 13.2 Å². The second kappa shape index (κ2) is 15.6. The first-order valence-corrected chi connectivity index (χ1v) is 14.5. The van der Waals surface area contributed by atoms with Crippen LogP contribution in [0.2, 0.25) is 0 Å². The van der Waals surface area contributed by atoms with Crippen molar-refractivity contribution in [3.05, 3.63) is 144 Å². The standard InChI is InChI=1S/C36H38O7/c1-28(37)42-36(27-39-23-30-16-8-3-9-17-30)35(41-25-32-20-12-5-13-21-32)34(40-24-31-18-10-4-11-19-31)33(43-36)26-38-22-29-14-6-2-7-15-29/h2-21,33-35H,22-27H2,1H3/t33-,34-,35-,36-/m1/s1. The summed E-state index contributed by atoms with van der Waals surface area (Å²) in [6.45, 7) is 2.78. The molecule has 0 bridgehead atoms. The van der Waals surface area contributed by atoms with Gasteiger partial charge in [0, 0.05) is 6.92 Å². The van der Waals surface area contributed by atoms with Crippen LogP contribution < -0.4 is 0 Å². The van der Waals surface area contributed by atoms with Crippen molar-refractivity contribution < 1.29 is 33.2 Å². The first-order valence-electron chi connectivity index (χ1n) is 14.5. The molecule has 0 aliphatic carbocycles. The highest BCUT2D eigenvalue weighted by atomic mass is 16.8. The van der Waals surface area contributed by atoms with Crippen molar-refractivity contribution >= 4 is 5.97 Å². The molecular formula is C36H38O7. The number of rotatable bonds is 15. The fourth-order valence-corrected chi connectivity index (χ4v) is 5.13. The minimum absolute atomic E-state index is 0.0543. The summed E-state index contributed by atoms with van der Waals surface area (Å²) in [5.74, 6) is -2.07. The van der Waals surface area contributed by atoms with Crippen LogP contribution in [0.25, 0.3) is 0 Å². The van der Waals surface area contributed by atoms with Crippen molar-refractivity contribution in [3.8, 4) is 0 Å². The predicted molar refractivity (Wildman–Crippen MR) is 162 cm³/mol. The van der Waals surface area contributed by atoms with Gasteiger partial charge in [-0.25, -0.2) is 0 Å². The molecule has 0 aromatic heterocycles. The van der Waals surface area contributed by atoms with E-state index >= 15 is 0 Å². The number of carbonyl (C=O) groups excluding carboxylic acids is 1. The van der Waals surface area contributed by atoms with Crippen molar-refractivity contribution in [1.29, 1.82) is 0 Å². The fourth-order valence-electron chi connectivity index (χ4n) is 5.13. The number of esters is 1. The molecule has 1 fully saturated rings. The summed E-state index contributed by atoms with van der Waals surface area (Å²) < 4.78 is 37.9. The molecule has 0 saturated carbocycles. The Morgan fingerprint density at radius 3 is 1.56 bits per heavy atom. The summed E-state index contributed by atoms with van der Waals surface area (Å²) >= 11 is 0. The Hall–Kier alpha value is -3.85. The average Bonchev–Trinajstić information content (AvgIpc) is 3.31. The highest BCUT2D eigenvalue weighted by Gasteiger charge is 2.60. The molecule has 5 rings (SSSR count). The molecule has 1 aliphatic heterocycles. The summed E-state index contributed by atoms with van der Waals surface area (Å²) in [6.07, 6.45) is -2.03. The molecule has 7 nitrogen and oxygen atoms in total. The van der Waals surface area contributed by atoms with Crippen LogP contribution in [-0.4, -0.2) is 43.3 Å². The van der Waals surface area contributed by atoms with Crippen LogP contribution in [0, 0.1) is 0 Å². The van der Waals surface area contributed by atoms with Gasteiger partial charge < -0.3 is 28.4 Å². The van der Waals surface area contributed by atoms with E-state index in [9.17, 15) is 4.79 Å². The van der Waals surface area contributed by atoms with Gasteiger partial charge in [0.2, 0.25) is 0 Å². The monoisotopic (exact) mass is 582 g/mol. The fraction of sp³-hybridized carbons (Fsp3) is 0.306. The number of ether oxygens (including phenoxy) is 6. The van der Waals surface area contributed by atoms with Crippen LogP contribution in [0.4, 0.5) is 0 Å². The SMILES string of the molecule is CC(=O)O[C@]1(COCc2ccccc2)O[C@H](COCc2ccccc2)[C@@H](OCc2ccccc2)[C@H]1OCc1ccccc1. The third kappa shape index (κ3) is 8.83. The lowest BCUT2D eigenvalue weighted by Gasteiger charge is -2.34. The Morgan fingerprint density at radius 2 is 1.07 bits per heavy atom. The third-order valence-electron chi connectivity index (χ3n) is 7.13. The minimum atomic E-state index is -1.56. The molecule has 0 unspecified atom stereocenters. The Labute approximate surface area is 253 Å². The van der Waals surface area contributed by atoms with E-state index in [0.717, 1.165) is 22.3 Å². The molecule has 0 spiro atoms. The molecule has 0 radical (unpaired) electrons. The maximum atomic E-state index is 12.6. The summed E-state index contributed by atoms with van der Waals surface area (Å²) in [5, 5.41) is 0. The average molecular weight is 583 g/mol. The summed E-state index contributed by atoms with van der Waals surface area (Å²) in [6, 6.07) is 39.4. The maximum absolute atomic E-state index is 12.6. The van der Waals surface area contributed by atoms with E-state index in [4.69, 9.17) is 28.4 Å². The van der Waals surface area contributed by atoms with Gasteiger partial charge in [-0.15, -0.1) is 0 Å². The zero-order valence-corrected chi connectivity index (χ0v) is 24.4. The first kappa shape index (κ1) is 30.6. The van der Waals surface area contributed by atoms with Crippen molar-refractivity contribution in [3.63, 3.8) is 0 Å². The van der Waals surface area contributed by atoms with Gasteiger partial charge in [-0.1, -0.05) is 121 Å². The molecule has 224 valence electrons.